The molecule has 112 valence electrons. The number of hydrogen-bond donors (Lipinski definition) is 0. The molecule has 9 heteroatoms. The molecule has 1 aliphatic rings. The van der Waals surface area contributed by atoms with Crippen LogP contribution in [0.4, 0.5) is 0 Å². The van der Waals surface area contributed by atoms with E-state index in [0.29, 0.717) is 16.3 Å². The Morgan fingerprint density at radius 3 is 2.86 bits per heavy atom. The van der Waals surface area contributed by atoms with Gasteiger partial charge < -0.3 is 9.32 Å². The Bertz CT molecular complexity index is 745. The van der Waals surface area contributed by atoms with E-state index in [1.54, 1.807) is 19.1 Å². The molecule has 3 heterocycles. The molecule has 2 aromatic rings. The van der Waals surface area contributed by atoms with Gasteiger partial charge in [0.25, 0.3) is 5.91 Å². The average molecular weight is 327 g/mol. The lowest BCUT2D eigenvalue weighted by Crippen LogP contribution is -2.57. The maximum atomic E-state index is 12.2. The summed E-state index contributed by atoms with van der Waals surface area (Å²) >= 11 is 1.03. The predicted octanol–water partition coefficient (Wildman–Crippen LogP) is 0.879. The molecule has 1 fully saturated rings. The number of carbonyl (C=O) groups is 1. The van der Waals surface area contributed by atoms with Gasteiger partial charge in [-0.3, -0.25) is 4.79 Å². The largest absolute Gasteiger partial charge is 0.468 e. The fraction of sp³-hybridized carbons (Fsp3) is 0.417. The van der Waals surface area contributed by atoms with Gasteiger partial charge in [-0.05, 0) is 30.6 Å². The average Bonchev–Trinajstić information content (AvgIpc) is 2.97. The highest BCUT2D eigenvalue weighted by atomic mass is 32.2. The lowest BCUT2D eigenvalue weighted by molar-refractivity contribution is 0.0663. The Morgan fingerprint density at radius 1 is 1.52 bits per heavy atom. The van der Waals surface area contributed by atoms with Crippen molar-refractivity contribution in [2.45, 2.75) is 17.9 Å². The SMILES string of the molecule is Cc1nnsc1C(=O)N1CC(S(=O)(=O)Cc2ccco2)C1. The van der Waals surface area contributed by atoms with Crippen LogP contribution in [0, 0.1) is 6.92 Å². The molecule has 0 aromatic carbocycles. The van der Waals surface area contributed by atoms with Crippen LogP contribution in [0.25, 0.3) is 0 Å². The molecule has 0 aliphatic carbocycles. The van der Waals surface area contributed by atoms with Crippen molar-refractivity contribution in [1.82, 2.24) is 14.5 Å². The van der Waals surface area contributed by atoms with Gasteiger partial charge in [0.15, 0.2) is 9.84 Å². The fourth-order valence-corrected chi connectivity index (χ4v) is 4.35. The molecule has 0 N–H and O–H groups in total. The summed E-state index contributed by atoms with van der Waals surface area (Å²) < 4.78 is 33.1. The summed E-state index contributed by atoms with van der Waals surface area (Å²) in [6.07, 6.45) is 1.45. The highest BCUT2D eigenvalue weighted by molar-refractivity contribution is 7.91. The first-order valence-corrected chi connectivity index (χ1v) is 8.78. The van der Waals surface area contributed by atoms with Gasteiger partial charge >= 0.3 is 0 Å². The van der Waals surface area contributed by atoms with Gasteiger partial charge in [0.1, 0.15) is 16.4 Å². The number of aryl methyl sites for hydroxylation is 1. The van der Waals surface area contributed by atoms with Crippen LogP contribution in [0.15, 0.2) is 22.8 Å². The second-order valence-corrected chi connectivity index (χ2v) is 7.94. The number of nitrogens with zero attached hydrogens (tertiary/aromatic N) is 3. The van der Waals surface area contributed by atoms with Crippen molar-refractivity contribution < 1.29 is 17.6 Å². The summed E-state index contributed by atoms with van der Waals surface area (Å²) in [7, 11) is -3.31. The number of likely N-dealkylation sites (tertiary alicyclic amines) is 1. The molecule has 1 saturated heterocycles. The van der Waals surface area contributed by atoms with Crippen LogP contribution in [0.2, 0.25) is 0 Å². The molecule has 0 spiro atoms. The number of furan rings is 1. The van der Waals surface area contributed by atoms with Crippen LogP contribution in [-0.2, 0) is 15.6 Å². The third kappa shape index (κ3) is 2.70. The standard InChI is InChI=1S/C12H13N3O4S2/c1-8-11(20-14-13-8)12(16)15-5-10(6-15)21(17,18)7-9-3-2-4-19-9/h2-4,10H,5-7H2,1H3. The zero-order chi connectivity index (χ0) is 15.0. The number of amides is 1. The smallest absolute Gasteiger partial charge is 0.267 e. The summed E-state index contributed by atoms with van der Waals surface area (Å²) in [5, 5.41) is 3.25. The first-order valence-electron chi connectivity index (χ1n) is 6.29. The summed E-state index contributed by atoms with van der Waals surface area (Å²) in [4.78, 5) is 14.1. The van der Waals surface area contributed by atoms with Crippen LogP contribution < -0.4 is 0 Å². The van der Waals surface area contributed by atoms with E-state index in [4.69, 9.17) is 4.42 Å². The lowest BCUT2D eigenvalue weighted by atomic mass is 10.2. The molecule has 1 amide bonds. The maximum absolute atomic E-state index is 12.2. The molecule has 3 rings (SSSR count). The van der Waals surface area contributed by atoms with E-state index in [1.807, 2.05) is 0 Å². The first-order chi connectivity index (χ1) is 9.97. The molecule has 21 heavy (non-hydrogen) atoms. The van der Waals surface area contributed by atoms with E-state index in [2.05, 4.69) is 9.59 Å². The van der Waals surface area contributed by atoms with Crippen molar-refractivity contribution in [3.05, 3.63) is 34.7 Å². The molecule has 1 aliphatic heterocycles. The lowest BCUT2D eigenvalue weighted by Gasteiger charge is -2.38. The third-order valence-electron chi connectivity index (χ3n) is 3.41. The Kier molecular flexibility index (Phi) is 3.54. The van der Waals surface area contributed by atoms with Gasteiger partial charge in [-0.15, -0.1) is 5.10 Å². The summed E-state index contributed by atoms with van der Waals surface area (Å²) in [6, 6.07) is 3.28. The Balaban J connectivity index is 1.63. The van der Waals surface area contributed by atoms with Gasteiger partial charge in [0.2, 0.25) is 0 Å². The molecule has 0 atom stereocenters. The van der Waals surface area contributed by atoms with Crippen molar-refractivity contribution in [2.24, 2.45) is 0 Å². The van der Waals surface area contributed by atoms with Crippen LogP contribution in [0.5, 0.6) is 0 Å². The molecule has 0 unspecified atom stereocenters. The normalized spacial score (nSPS) is 16.0. The van der Waals surface area contributed by atoms with Crippen LogP contribution in [0.3, 0.4) is 0 Å². The maximum Gasteiger partial charge on any atom is 0.267 e. The monoisotopic (exact) mass is 327 g/mol. The Labute approximate surface area is 125 Å². The van der Waals surface area contributed by atoms with E-state index in [-0.39, 0.29) is 24.7 Å². The fourth-order valence-electron chi connectivity index (χ4n) is 2.11. The summed E-state index contributed by atoms with van der Waals surface area (Å²) in [5.41, 5.74) is 0.576. The van der Waals surface area contributed by atoms with Crippen molar-refractivity contribution in [3.8, 4) is 0 Å². The van der Waals surface area contributed by atoms with Gasteiger partial charge in [-0.1, -0.05) is 4.49 Å². The van der Waals surface area contributed by atoms with Gasteiger partial charge in [-0.25, -0.2) is 8.42 Å². The molecule has 0 radical (unpaired) electrons. The van der Waals surface area contributed by atoms with Crippen molar-refractivity contribution in [2.75, 3.05) is 13.1 Å². The minimum Gasteiger partial charge on any atom is -0.468 e. The zero-order valence-electron chi connectivity index (χ0n) is 11.2. The molecular weight excluding hydrogens is 314 g/mol. The van der Waals surface area contributed by atoms with E-state index in [1.165, 1.54) is 11.2 Å². The minimum atomic E-state index is -3.31. The van der Waals surface area contributed by atoms with Crippen LogP contribution >= 0.6 is 11.5 Å². The van der Waals surface area contributed by atoms with E-state index < -0.39 is 15.1 Å². The number of sulfone groups is 1. The highest BCUT2D eigenvalue weighted by Gasteiger charge is 2.41. The quantitative estimate of drug-likeness (QED) is 0.827. The van der Waals surface area contributed by atoms with Gasteiger partial charge in [0.05, 0.1) is 17.2 Å². The molecular formula is C12H13N3O4S2. The third-order valence-corrected chi connectivity index (χ3v) is 6.23. The zero-order valence-corrected chi connectivity index (χ0v) is 12.9. The van der Waals surface area contributed by atoms with Gasteiger partial charge in [0, 0.05) is 13.1 Å². The molecule has 0 saturated carbocycles. The second kappa shape index (κ2) is 5.23. The molecule has 2 aromatic heterocycles. The van der Waals surface area contributed by atoms with Crippen LogP contribution in [0.1, 0.15) is 21.1 Å². The number of hydrogen-bond acceptors (Lipinski definition) is 7. The molecule has 0 bridgehead atoms. The number of carbonyl (C=O) groups excluding carboxylic acids is 1. The first kappa shape index (κ1) is 14.2. The van der Waals surface area contributed by atoms with E-state index >= 15 is 0 Å². The summed E-state index contributed by atoms with van der Waals surface area (Å²) in [6.45, 7) is 2.13. The van der Waals surface area contributed by atoms with Crippen molar-refractivity contribution in [1.29, 1.82) is 0 Å². The van der Waals surface area contributed by atoms with E-state index in [0.717, 1.165) is 11.5 Å². The Hall–Kier alpha value is -1.74. The predicted molar refractivity (Wildman–Crippen MR) is 75.7 cm³/mol. The minimum absolute atomic E-state index is 0.131. The highest BCUT2D eigenvalue weighted by Crippen LogP contribution is 2.24. The summed E-state index contributed by atoms with van der Waals surface area (Å²) in [5.74, 6) is 0.0858. The number of aromatic nitrogens is 2. The topological polar surface area (TPSA) is 93.4 Å². The second-order valence-electron chi connectivity index (χ2n) is 4.91. The van der Waals surface area contributed by atoms with Gasteiger partial charge in [-0.2, -0.15) is 0 Å². The molecule has 7 nitrogen and oxygen atoms in total. The van der Waals surface area contributed by atoms with Crippen molar-refractivity contribution in [3.63, 3.8) is 0 Å². The number of rotatable bonds is 4. The van der Waals surface area contributed by atoms with Crippen molar-refractivity contribution >= 4 is 27.3 Å². The van der Waals surface area contributed by atoms with E-state index in [9.17, 15) is 13.2 Å². The Morgan fingerprint density at radius 2 is 2.29 bits per heavy atom. The van der Waals surface area contributed by atoms with Crippen LogP contribution in [-0.4, -0.2) is 47.2 Å².